The fourth-order valence-electron chi connectivity index (χ4n) is 5.06. The Morgan fingerprint density at radius 1 is 0.976 bits per heavy atom. The van der Waals surface area contributed by atoms with E-state index in [4.69, 9.17) is 4.74 Å². The number of hydrogen-bond acceptors (Lipinski definition) is 5. The quantitative estimate of drug-likeness (QED) is 0.293. The molecule has 4 rings (SSSR count). The van der Waals surface area contributed by atoms with Gasteiger partial charge >= 0.3 is 6.09 Å². The molecule has 3 aromatic carbocycles. The number of fused-ring (bicyclic) bond motifs is 1. The van der Waals surface area contributed by atoms with Gasteiger partial charge in [-0.1, -0.05) is 50.2 Å². The lowest BCUT2D eigenvalue weighted by Crippen LogP contribution is -2.58. The smallest absolute Gasteiger partial charge is 0.408 e. The number of anilines is 1. The Bertz CT molecular complexity index is 1420. The van der Waals surface area contributed by atoms with E-state index in [1.807, 2.05) is 56.3 Å². The Kier molecular flexibility index (Phi) is 8.90. The number of phenolic OH excluding ortho intramolecular Hbond substituents is 1. The number of carbonyl (C=O) groups is 3. The van der Waals surface area contributed by atoms with Crippen LogP contribution in [0.2, 0.25) is 0 Å². The van der Waals surface area contributed by atoms with E-state index >= 15 is 0 Å². The van der Waals surface area contributed by atoms with Crippen molar-refractivity contribution in [3.63, 3.8) is 0 Å². The standard InChI is InChI=1S/C33H41N3O5/c1-20(2)28(35-32(40)41-33(4,5)6)31(39)36(26-12-9-13-26)29(24-15-17-27(37)21(3)18-24)30(38)34-25-16-14-22-10-7-8-11-23(22)19-25/h7-8,10-11,14-20,26,28-29,37H,9,12-13H2,1-6H3,(H,34,38)(H,35,40). The van der Waals surface area contributed by atoms with Crippen molar-refractivity contribution in [2.24, 2.45) is 5.92 Å². The first-order valence-electron chi connectivity index (χ1n) is 14.2. The average molecular weight is 560 g/mol. The molecule has 2 atom stereocenters. The fourth-order valence-corrected chi connectivity index (χ4v) is 5.06. The normalized spacial score (nSPS) is 15.1. The number of rotatable bonds is 8. The van der Waals surface area contributed by atoms with Crippen molar-refractivity contribution in [1.82, 2.24) is 10.2 Å². The predicted molar refractivity (Wildman–Crippen MR) is 161 cm³/mol. The zero-order chi connectivity index (χ0) is 29.9. The van der Waals surface area contributed by atoms with Gasteiger partial charge in [-0.15, -0.1) is 0 Å². The molecule has 1 aliphatic rings. The first-order valence-corrected chi connectivity index (χ1v) is 14.2. The molecule has 1 aliphatic carbocycles. The number of phenols is 1. The molecular weight excluding hydrogens is 518 g/mol. The largest absolute Gasteiger partial charge is 0.508 e. The number of nitrogens with zero attached hydrogens (tertiary/aromatic N) is 1. The Morgan fingerprint density at radius 3 is 2.24 bits per heavy atom. The summed E-state index contributed by atoms with van der Waals surface area (Å²) in [6, 6.07) is 16.5. The van der Waals surface area contributed by atoms with Crippen molar-refractivity contribution in [3.05, 3.63) is 71.8 Å². The summed E-state index contributed by atoms with van der Waals surface area (Å²) in [6.45, 7) is 10.8. The van der Waals surface area contributed by atoms with E-state index in [-0.39, 0.29) is 29.5 Å². The lowest BCUT2D eigenvalue weighted by Gasteiger charge is -2.44. The van der Waals surface area contributed by atoms with E-state index in [1.165, 1.54) is 0 Å². The third-order valence-corrected chi connectivity index (χ3v) is 7.41. The second kappa shape index (κ2) is 12.2. The molecule has 1 saturated carbocycles. The number of ether oxygens (including phenoxy) is 1. The maximum absolute atomic E-state index is 14.3. The van der Waals surface area contributed by atoms with Crippen LogP contribution in [0.15, 0.2) is 60.7 Å². The Balaban J connectivity index is 1.73. The van der Waals surface area contributed by atoms with Crippen molar-refractivity contribution in [1.29, 1.82) is 0 Å². The van der Waals surface area contributed by atoms with Crippen LogP contribution in [-0.2, 0) is 14.3 Å². The fraction of sp³-hybridized carbons (Fsp3) is 0.424. The van der Waals surface area contributed by atoms with Crippen molar-refractivity contribution in [2.75, 3.05) is 5.32 Å². The maximum Gasteiger partial charge on any atom is 0.408 e. The third kappa shape index (κ3) is 7.17. The van der Waals surface area contributed by atoms with Gasteiger partial charge in [0.2, 0.25) is 5.91 Å². The summed E-state index contributed by atoms with van der Waals surface area (Å²) in [4.78, 5) is 42.9. The summed E-state index contributed by atoms with van der Waals surface area (Å²) in [6.07, 6.45) is 1.75. The molecule has 0 heterocycles. The molecule has 0 radical (unpaired) electrons. The molecular formula is C33H41N3O5. The van der Waals surface area contributed by atoms with Crippen molar-refractivity contribution in [3.8, 4) is 5.75 Å². The highest BCUT2D eigenvalue weighted by Crippen LogP contribution is 2.36. The van der Waals surface area contributed by atoms with Crippen molar-refractivity contribution < 1.29 is 24.2 Å². The van der Waals surface area contributed by atoms with Crippen LogP contribution < -0.4 is 10.6 Å². The van der Waals surface area contributed by atoms with Crippen LogP contribution >= 0.6 is 0 Å². The maximum atomic E-state index is 14.3. The number of amides is 3. The number of hydrogen-bond donors (Lipinski definition) is 3. The van der Waals surface area contributed by atoms with Crippen LogP contribution in [0.3, 0.4) is 0 Å². The molecule has 0 aliphatic heterocycles. The van der Waals surface area contributed by atoms with Crippen LogP contribution in [0.5, 0.6) is 5.75 Å². The third-order valence-electron chi connectivity index (χ3n) is 7.41. The lowest BCUT2D eigenvalue weighted by atomic mass is 9.87. The summed E-state index contributed by atoms with van der Waals surface area (Å²) in [5.74, 6) is -0.871. The van der Waals surface area contributed by atoms with Gasteiger partial charge in [-0.25, -0.2) is 4.79 Å². The van der Waals surface area contributed by atoms with E-state index in [9.17, 15) is 19.5 Å². The van der Waals surface area contributed by atoms with Crippen LogP contribution in [0, 0.1) is 12.8 Å². The van der Waals surface area contributed by atoms with Gasteiger partial charge in [-0.05, 0) is 99.0 Å². The molecule has 41 heavy (non-hydrogen) atoms. The van der Waals surface area contributed by atoms with E-state index in [1.54, 1.807) is 50.8 Å². The van der Waals surface area contributed by atoms with Gasteiger partial charge < -0.3 is 25.4 Å². The molecule has 8 nitrogen and oxygen atoms in total. The minimum atomic E-state index is -0.986. The average Bonchev–Trinajstić information content (AvgIpc) is 2.86. The number of alkyl carbamates (subject to hydrolysis) is 1. The minimum Gasteiger partial charge on any atom is -0.508 e. The predicted octanol–water partition coefficient (Wildman–Crippen LogP) is 6.46. The lowest BCUT2D eigenvalue weighted by molar-refractivity contribution is -0.146. The number of nitrogens with one attached hydrogen (secondary N) is 2. The highest BCUT2D eigenvalue weighted by molar-refractivity contribution is 6.00. The van der Waals surface area contributed by atoms with Gasteiger partial charge in [0.15, 0.2) is 0 Å². The van der Waals surface area contributed by atoms with E-state index in [0.29, 0.717) is 16.8 Å². The topological polar surface area (TPSA) is 108 Å². The van der Waals surface area contributed by atoms with Gasteiger partial charge in [0.1, 0.15) is 23.4 Å². The SMILES string of the molecule is Cc1cc(C(C(=O)Nc2ccc3ccccc3c2)N(C(=O)C(NC(=O)OC(C)(C)C)C(C)C)C2CCC2)ccc1O. The molecule has 3 N–H and O–H groups in total. The Labute approximate surface area is 242 Å². The molecule has 0 bridgehead atoms. The van der Waals surface area contributed by atoms with Gasteiger partial charge in [0, 0.05) is 11.7 Å². The van der Waals surface area contributed by atoms with Crippen LogP contribution in [0.1, 0.15) is 71.0 Å². The van der Waals surface area contributed by atoms with Crippen molar-refractivity contribution in [2.45, 2.75) is 84.5 Å². The molecule has 2 unspecified atom stereocenters. The Hall–Kier alpha value is -4.07. The monoisotopic (exact) mass is 559 g/mol. The molecule has 218 valence electrons. The van der Waals surface area contributed by atoms with Gasteiger partial charge in [0.05, 0.1) is 0 Å². The van der Waals surface area contributed by atoms with Gasteiger partial charge in [0.25, 0.3) is 5.91 Å². The number of aryl methyl sites for hydroxylation is 1. The summed E-state index contributed by atoms with van der Waals surface area (Å²) in [5.41, 5.74) is 1.06. The summed E-state index contributed by atoms with van der Waals surface area (Å²) >= 11 is 0. The summed E-state index contributed by atoms with van der Waals surface area (Å²) in [7, 11) is 0. The van der Waals surface area contributed by atoms with E-state index in [2.05, 4.69) is 10.6 Å². The van der Waals surface area contributed by atoms with Crippen LogP contribution in [-0.4, -0.2) is 45.6 Å². The van der Waals surface area contributed by atoms with E-state index < -0.39 is 23.8 Å². The Morgan fingerprint density at radius 2 is 1.66 bits per heavy atom. The zero-order valence-corrected chi connectivity index (χ0v) is 24.7. The van der Waals surface area contributed by atoms with Gasteiger partial charge in [-0.2, -0.15) is 0 Å². The zero-order valence-electron chi connectivity index (χ0n) is 24.7. The first kappa shape index (κ1) is 29.9. The second-order valence-corrected chi connectivity index (χ2v) is 12.2. The molecule has 0 saturated heterocycles. The van der Waals surface area contributed by atoms with Crippen LogP contribution in [0.4, 0.5) is 10.5 Å². The molecule has 3 aromatic rings. The highest BCUT2D eigenvalue weighted by atomic mass is 16.6. The minimum absolute atomic E-state index is 0.107. The highest BCUT2D eigenvalue weighted by Gasteiger charge is 2.43. The molecule has 0 spiro atoms. The second-order valence-electron chi connectivity index (χ2n) is 12.2. The van der Waals surface area contributed by atoms with E-state index in [0.717, 1.165) is 30.0 Å². The van der Waals surface area contributed by atoms with Crippen molar-refractivity contribution >= 4 is 34.4 Å². The van der Waals surface area contributed by atoms with Crippen LogP contribution in [0.25, 0.3) is 10.8 Å². The molecule has 3 amide bonds. The first-order chi connectivity index (χ1) is 19.3. The molecule has 1 fully saturated rings. The number of carbonyl (C=O) groups excluding carboxylic acids is 3. The number of aromatic hydroxyl groups is 1. The van der Waals surface area contributed by atoms with Gasteiger partial charge in [-0.3, -0.25) is 9.59 Å². The molecule has 8 heteroatoms. The number of benzene rings is 3. The summed E-state index contributed by atoms with van der Waals surface area (Å²) in [5, 5.41) is 18.1. The molecule has 0 aromatic heterocycles. The summed E-state index contributed by atoms with van der Waals surface area (Å²) < 4.78 is 5.46.